The molecule has 180 valence electrons. The van der Waals surface area contributed by atoms with E-state index in [1.54, 1.807) is 13.0 Å². The molecule has 3 rings (SSSR count). The van der Waals surface area contributed by atoms with E-state index in [4.69, 9.17) is 10.5 Å². The number of ether oxygens (including phenoxy) is 1. The van der Waals surface area contributed by atoms with Crippen molar-refractivity contribution < 1.29 is 17.9 Å². The molecule has 3 N–H and O–H groups in total. The number of benzene rings is 1. The van der Waals surface area contributed by atoms with Gasteiger partial charge in [0.15, 0.2) is 5.69 Å². The van der Waals surface area contributed by atoms with Gasteiger partial charge in [-0.25, -0.2) is 13.2 Å². The monoisotopic (exact) mass is 479 g/mol. The van der Waals surface area contributed by atoms with E-state index in [0.29, 0.717) is 31.7 Å². The first-order valence-electron chi connectivity index (χ1n) is 10.7. The van der Waals surface area contributed by atoms with Crippen molar-refractivity contribution in [3.8, 4) is 0 Å². The fourth-order valence-electron chi connectivity index (χ4n) is 3.65. The molecule has 1 fully saturated rings. The minimum Gasteiger partial charge on any atom is -0.383 e. The van der Waals surface area contributed by atoms with Crippen LogP contribution in [-0.2, 0) is 21.3 Å². The van der Waals surface area contributed by atoms with Crippen LogP contribution in [0.1, 0.15) is 35.7 Å². The normalized spacial score (nSPS) is 14.9. The Bertz CT molecular complexity index is 1260. The summed E-state index contributed by atoms with van der Waals surface area (Å²) in [5.74, 6) is -0.743. The average molecular weight is 480 g/mol. The number of nitrogens with two attached hydrogens (primary N) is 1. The number of hydrogen-bond acceptors (Lipinski definition) is 7. The fourth-order valence-corrected chi connectivity index (χ4v) is 5.08. The molecule has 0 saturated carbocycles. The molecule has 0 bridgehead atoms. The highest BCUT2D eigenvalue weighted by Gasteiger charge is 2.29. The highest BCUT2D eigenvalue weighted by molar-refractivity contribution is 7.89. The van der Waals surface area contributed by atoms with Crippen molar-refractivity contribution in [2.45, 2.75) is 38.1 Å². The Morgan fingerprint density at radius 2 is 1.91 bits per heavy atom. The van der Waals surface area contributed by atoms with Crippen LogP contribution in [0.15, 0.2) is 32.7 Å². The number of hydrogen-bond donors (Lipinski definition) is 2. The van der Waals surface area contributed by atoms with Gasteiger partial charge >= 0.3 is 5.69 Å². The van der Waals surface area contributed by atoms with Gasteiger partial charge < -0.3 is 15.4 Å². The van der Waals surface area contributed by atoms with E-state index in [-0.39, 0.29) is 35.1 Å². The van der Waals surface area contributed by atoms with E-state index in [2.05, 4.69) is 4.98 Å². The van der Waals surface area contributed by atoms with Crippen LogP contribution in [0, 0.1) is 6.92 Å². The number of carbonyl (C=O) groups excluding carboxylic acids is 1. The maximum absolute atomic E-state index is 13.3. The van der Waals surface area contributed by atoms with Crippen LogP contribution in [-0.4, -0.2) is 61.5 Å². The van der Waals surface area contributed by atoms with Crippen molar-refractivity contribution >= 4 is 27.4 Å². The van der Waals surface area contributed by atoms with Crippen LogP contribution in [0.25, 0.3) is 0 Å². The van der Waals surface area contributed by atoms with Crippen molar-refractivity contribution in [2.75, 3.05) is 44.0 Å². The van der Waals surface area contributed by atoms with Crippen molar-refractivity contribution in [2.24, 2.45) is 0 Å². The van der Waals surface area contributed by atoms with Gasteiger partial charge in [0, 0.05) is 32.2 Å². The molecular formula is C21H29N5O6S. The number of aromatic nitrogens is 2. The lowest BCUT2D eigenvalue weighted by Crippen LogP contribution is -2.41. The number of anilines is 2. The van der Waals surface area contributed by atoms with Crippen molar-refractivity contribution in [3.63, 3.8) is 0 Å². The van der Waals surface area contributed by atoms with E-state index in [1.807, 2.05) is 6.92 Å². The first kappa shape index (κ1) is 24.7. The molecule has 2 aromatic rings. The molecule has 11 nitrogen and oxygen atoms in total. The molecule has 12 heteroatoms. The Morgan fingerprint density at radius 1 is 1.24 bits per heavy atom. The van der Waals surface area contributed by atoms with Gasteiger partial charge in [0.1, 0.15) is 5.82 Å². The van der Waals surface area contributed by atoms with Gasteiger partial charge in [0.25, 0.3) is 11.5 Å². The predicted molar refractivity (Wildman–Crippen MR) is 124 cm³/mol. The summed E-state index contributed by atoms with van der Waals surface area (Å²) in [7, 11) is -2.46. The highest BCUT2D eigenvalue weighted by Crippen LogP contribution is 2.24. The Morgan fingerprint density at radius 3 is 2.55 bits per heavy atom. The van der Waals surface area contributed by atoms with Gasteiger partial charge in [-0.1, -0.05) is 19.4 Å². The van der Waals surface area contributed by atoms with Crippen molar-refractivity contribution in [3.05, 3.63) is 50.2 Å². The Kier molecular flexibility index (Phi) is 7.40. The molecule has 1 aliphatic rings. The molecule has 0 radical (unpaired) electrons. The number of rotatable bonds is 7. The largest absolute Gasteiger partial charge is 0.383 e. The van der Waals surface area contributed by atoms with Gasteiger partial charge in [0.05, 0.1) is 18.1 Å². The van der Waals surface area contributed by atoms with E-state index in [9.17, 15) is 22.8 Å². The van der Waals surface area contributed by atoms with E-state index >= 15 is 0 Å². The number of nitrogens with zero attached hydrogens (tertiary/aromatic N) is 3. The topological polar surface area (TPSA) is 148 Å². The van der Waals surface area contributed by atoms with Gasteiger partial charge in [0.2, 0.25) is 10.0 Å². The summed E-state index contributed by atoms with van der Waals surface area (Å²) in [5.41, 5.74) is 5.14. The molecular weight excluding hydrogens is 450 g/mol. The molecule has 0 atom stereocenters. The van der Waals surface area contributed by atoms with Crippen LogP contribution in [0.5, 0.6) is 0 Å². The second-order valence-electron chi connectivity index (χ2n) is 7.86. The Labute approximate surface area is 191 Å². The summed E-state index contributed by atoms with van der Waals surface area (Å²) >= 11 is 0. The second kappa shape index (κ2) is 9.89. The number of H-pyrrole nitrogens is 1. The lowest BCUT2D eigenvalue weighted by molar-refractivity contribution is 0.0730. The van der Waals surface area contributed by atoms with Gasteiger partial charge in [-0.3, -0.25) is 19.1 Å². The number of amides is 1. The number of unbranched alkanes of at least 4 members (excludes halogenated alkanes) is 1. The number of aryl methyl sites for hydroxylation is 1. The van der Waals surface area contributed by atoms with Crippen LogP contribution in [0.3, 0.4) is 0 Å². The number of nitrogen functional groups attached to an aromatic ring is 1. The summed E-state index contributed by atoms with van der Waals surface area (Å²) < 4.78 is 33.8. The second-order valence-corrected chi connectivity index (χ2v) is 9.79. The van der Waals surface area contributed by atoms with E-state index in [0.717, 1.165) is 11.3 Å². The number of sulfonamides is 1. The number of carbonyl (C=O) groups is 1. The lowest BCUT2D eigenvalue weighted by atomic mass is 10.1. The highest BCUT2D eigenvalue weighted by atomic mass is 32.2. The van der Waals surface area contributed by atoms with Gasteiger partial charge in [-0.15, -0.1) is 0 Å². The summed E-state index contributed by atoms with van der Waals surface area (Å²) in [6.45, 7) is 4.96. The molecule has 33 heavy (non-hydrogen) atoms. The minimum atomic E-state index is -3.82. The smallest absolute Gasteiger partial charge is 0.330 e. The van der Waals surface area contributed by atoms with E-state index in [1.165, 1.54) is 28.1 Å². The first-order chi connectivity index (χ1) is 15.6. The van der Waals surface area contributed by atoms with Gasteiger partial charge in [-0.05, 0) is 31.0 Å². The third-order valence-corrected chi connectivity index (χ3v) is 7.53. The summed E-state index contributed by atoms with van der Waals surface area (Å²) in [6, 6.07) is 4.30. The zero-order chi connectivity index (χ0) is 24.3. The van der Waals surface area contributed by atoms with Gasteiger partial charge in [-0.2, -0.15) is 4.31 Å². The van der Waals surface area contributed by atoms with Crippen molar-refractivity contribution in [1.29, 1.82) is 0 Å². The van der Waals surface area contributed by atoms with Crippen LogP contribution < -0.4 is 21.9 Å². The molecule has 2 heterocycles. The van der Waals surface area contributed by atoms with Crippen molar-refractivity contribution in [1.82, 2.24) is 13.9 Å². The number of aromatic amines is 1. The average Bonchev–Trinajstić information content (AvgIpc) is 2.79. The molecule has 1 aromatic heterocycles. The zero-order valence-electron chi connectivity index (χ0n) is 19.0. The van der Waals surface area contributed by atoms with Crippen LogP contribution in [0.2, 0.25) is 0 Å². The fraction of sp³-hybridized carbons (Fsp3) is 0.476. The standard InChI is InChI=1S/C21H29N5O6S/c1-4-5-8-26-18(22)17(19(27)23-21(26)29)24(3)20(28)16-13-15(7-6-14(16)2)33(30,31)25-9-11-32-12-10-25/h6-7,13H,4-5,8-12,22H2,1-3H3,(H,23,27,29). The minimum absolute atomic E-state index is 0.0263. The third kappa shape index (κ3) is 4.87. The molecule has 1 saturated heterocycles. The van der Waals surface area contributed by atoms with E-state index < -0.39 is 27.2 Å². The summed E-state index contributed by atoms with van der Waals surface area (Å²) in [5, 5.41) is 0. The zero-order valence-corrected chi connectivity index (χ0v) is 19.8. The molecule has 0 aliphatic carbocycles. The van der Waals surface area contributed by atoms with Crippen LogP contribution in [0.4, 0.5) is 11.5 Å². The Balaban J connectivity index is 2.02. The quantitative estimate of drug-likeness (QED) is 0.588. The molecule has 1 aromatic carbocycles. The maximum Gasteiger partial charge on any atom is 0.330 e. The lowest BCUT2D eigenvalue weighted by Gasteiger charge is -2.26. The molecule has 1 amide bonds. The summed E-state index contributed by atoms with van der Waals surface area (Å²) in [4.78, 5) is 41.3. The predicted octanol–water partition coefficient (Wildman–Crippen LogP) is 0.525. The number of morpholine rings is 1. The van der Waals surface area contributed by atoms with Crippen LogP contribution >= 0.6 is 0 Å². The molecule has 0 unspecified atom stereocenters. The summed E-state index contributed by atoms with van der Waals surface area (Å²) in [6.07, 6.45) is 1.46. The number of nitrogens with one attached hydrogen (secondary N) is 1. The molecule has 1 aliphatic heterocycles. The molecule has 0 spiro atoms. The third-order valence-electron chi connectivity index (χ3n) is 5.64. The SMILES string of the molecule is CCCCn1c(N)c(N(C)C(=O)c2cc(S(=O)(=O)N3CCOCC3)ccc2C)c(=O)[nH]c1=O. The first-order valence-corrected chi connectivity index (χ1v) is 12.1. The Hall–Kier alpha value is -2.96. The maximum atomic E-state index is 13.3.